The summed E-state index contributed by atoms with van der Waals surface area (Å²) >= 11 is 6.26. The van der Waals surface area contributed by atoms with E-state index in [9.17, 15) is 0 Å². The summed E-state index contributed by atoms with van der Waals surface area (Å²) in [5.74, 6) is 0.262. The van der Waals surface area contributed by atoms with Gasteiger partial charge in [0.25, 0.3) is 5.88 Å². The van der Waals surface area contributed by atoms with E-state index in [1.807, 2.05) is 24.3 Å². The van der Waals surface area contributed by atoms with E-state index >= 15 is 0 Å². The third-order valence-electron chi connectivity index (χ3n) is 3.23. The third kappa shape index (κ3) is 1.91. The summed E-state index contributed by atoms with van der Waals surface area (Å²) < 4.78 is 0. The lowest BCUT2D eigenvalue weighted by atomic mass is 10.2. The third-order valence-corrected chi connectivity index (χ3v) is 3.64. The van der Waals surface area contributed by atoms with Crippen LogP contribution in [0.1, 0.15) is 0 Å². The fourth-order valence-corrected chi connectivity index (χ4v) is 2.41. The molecule has 0 aliphatic carbocycles. The van der Waals surface area contributed by atoms with Gasteiger partial charge in [0.1, 0.15) is 17.4 Å². The Kier molecular flexibility index (Phi) is 2.80. The Hall–Kier alpha value is -2.93. The van der Waals surface area contributed by atoms with E-state index in [0.29, 0.717) is 32.6 Å². The molecule has 108 valence electrons. The molecule has 0 saturated carbocycles. The molecule has 4 aromatic rings. The normalized spacial score (nSPS) is 11.1. The summed E-state index contributed by atoms with van der Waals surface area (Å²) in [6.45, 7) is 0. The average Bonchev–Trinajstić information content (AvgIpc) is 2.94. The van der Waals surface area contributed by atoms with Gasteiger partial charge in [0.05, 0.1) is 21.6 Å². The summed E-state index contributed by atoms with van der Waals surface area (Å²) in [6, 6.07) is 10.9. The second-order valence-corrected chi connectivity index (χ2v) is 4.96. The highest BCUT2D eigenvalue weighted by atomic mass is 35.5. The predicted octanol–water partition coefficient (Wildman–Crippen LogP) is 2.45. The van der Waals surface area contributed by atoms with Crippen molar-refractivity contribution in [3.8, 4) is 5.88 Å². The Morgan fingerprint density at radius 3 is 2.82 bits per heavy atom. The zero-order valence-electron chi connectivity index (χ0n) is 11.1. The molecule has 0 radical (unpaired) electrons. The van der Waals surface area contributed by atoms with Crippen molar-refractivity contribution in [3.05, 3.63) is 47.7 Å². The van der Waals surface area contributed by atoms with Gasteiger partial charge in [-0.1, -0.05) is 28.6 Å². The first kappa shape index (κ1) is 12.8. The number of rotatable bonds is 2. The van der Waals surface area contributed by atoms with Gasteiger partial charge in [-0.05, 0) is 29.5 Å². The monoisotopic (exact) mass is 312 g/mol. The number of nitrogen functional groups attached to an aromatic ring is 1. The lowest BCUT2D eigenvalue weighted by molar-refractivity contribution is 0.178. The van der Waals surface area contributed by atoms with Crippen LogP contribution in [0.25, 0.3) is 21.9 Å². The Balaban J connectivity index is 1.90. The molecule has 0 unspecified atom stereocenters. The van der Waals surface area contributed by atoms with Crippen LogP contribution >= 0.6 is 11.6 Å². The number of para-hydroxylation sites is 1. The first-order chi connectivity index (χ1) is 10.7. The largest absolute Gasteiger partial charge is 0.398 e. The van der Waals surface area contributed by atoms with Crippen LogP contribution in [0.15, 0.2) is 42.7 Å². The van der Waals surface area contributed by atoms with Crippen molar-refractivity contribution >= 4 is 39.2 Å². The maximum atomic E-state index is 6.26. The van der Waals surface area contributed by atoms with Crippen molar-refractivity contribution in [1.29, 1.82) is 0 Å². The highest BCUT2D eigenvalue weighted by molar-refractivity contribution is 6.38. The molecule has 8 heteroatoms. The minimum atomic E-state index is 0.262. The number of nitrogens with two attached hydrogens (primary N) is 1. The second-order valence-electron chi connectivity index (χ2n) is 4.58. The van der Waals surface area contributed by atoms with E-state index in [1.165, 1.54) is 11.2 Å². The number of aromatic nitrogens is 5. The van der Waals surface area contributed by atoms with E-state index in [4.69, 9.17) is 22.2 Å². The Bertz CT molecular complexity index is 999. The van der Waals surface area contributed by atoms with Crippen molar-refractivity contribution in [2.75, 3.05) is 5.73 Å². The molecule has 2 heterocycles. The first-order valence-electron chi connectivity index (χ1n) is 6.41. The number of halogens is 1. The van der Waals surface area contributed by atoms with Crippen molar-refractivity contribution in [3.63, 3.8) is 0 Å². The van der Waals surface area contributed by atoms with Gasteiger partial charge in [-0.25, -0.2) is 4.98 Å². The second kappa shape index (κ2) is 4.81. The molecule has 0 aliphatic rings. The molecule has 2 aromatic heterocycles. The van der Waals surface area contributed by atoms with E-state index < -0.39 is 0 Å². The van der Waals surface area contributed by atoms with Crippen LogP contribution < -0.4 is 10.6 Å². The number of anilines is 1. The lowest BCUT2D eigenvalue weighted by Crippen LogP contribution is -2.09. The van der Waals surface area contributed by atoms with E-state index in [0.717, 1.165) is 0 Å². The zero-order chi connectivity index (χ0) is 15.1. The summed E-state index contributed by atoms with van der Waals surface area (Å²) in [5, 5.41) is 8.86. The molecule has 7 nitrogen and oxygen atoms in total. The van der Waals surface area contributed by atoms with Gasteiger partial charge < -0.3 is 10.6 Å². The molecule has 0 bridgehead atoms. The molecule has 4 rings (SSSR count). The van der Waals surface area contributed by atoms with Crippen LogP contribution in [0.5, 0.6) is 5.88 Å². The average molecular weight is 313 g/mol. The van der Waals surface area contributed by atoms with Gasteiger partial charge in [0.2, 0.25) is 0 Å². The van der Waals surface area contributed by atoms with Crippen LogP contribution in [-0.4, -0.2) is 25.1 Å². The van der Waals surface area contributed by atoms with Gasteiger partial charge >= 0.3 is 0 Å². The maximum absolute atomic E-state index is 6.26. The number of hydrogen-bond acceptors (Lipinski definition) is 6. The molecular formula is C14H9ClN6O. The fraction of sp³-hybridized carbons (Fsp3) is 0. The molecule has 2 aromatic carbocycles. The minimum absolute atomic E-state index is 0.262. The van der Waals surface area contributed by atoms with Gasteiger partial charge in [-0.3, -0.25) is 0 Å². The SMILES string of the molecule is Nc1ccc2ncnc(On3nnc4ccccc43)c2c1Cl. The number of fused-ring (bicyclic) bond motifs is 2. The topological polar surface area (TPSA) is 91.7 Å². The highest BCUT2D eigenvalue weighted by Crippen LogP contribution is 2.33. The number of hydrogen-bond donors (Lipinski definition) is 1. The Morgan fingerprint density at radius 2 is 1.91 bits per heavy atom. The van der Waals surface area contributed by atoms with Gasteiger partial charge in [0.15, 0.2) is 0 Å². The van der Waals surface area contributed by atoms with Crippen molar-refractivity contribution < 1.29 is 4.84 Å². The first-order valence-corrected chi connectivity index (χ1v) is 6.79. The summed E-state index contributed by atoms with van der Waals surface area (Å²) in [4.78, 5) is 15.3. The van der Waals surface area contributed by atoms with Crippen LogP contribution in [0, 0.1) is 0 Å². The Morgan fingerprint density at radius 1 is 1.05 bits per heavy atom. The van der Waals surface area contributed by atoms with E-state index in [2.05, 4.69) is 20.3 Å². The minimum Gasteiger partial charge on any atom is -0.398 e. The van der Waals surface area contributed by atoms with E-state index in [-0.39, 0.29) is 5.88 Å². The molecule has 0 atom stereocenters. The molecule has 0 spiro atoms. The molecule has 0 amide bonds. The molecule has 0 fully saturated rings. The highest BCUT2D eigenvalue weighted by Gasteiger charge is 2.14. The van der Waals surface area contributed by atoms with E-state index in [1.54, 1.807) is 12.1 Å². The number of nitrogens with zero attached hydrogens (tertiary/aromatic N) is 5. The summed E-state index contributed by atoms with van der Waals surface area (Å²) in [5.41, 5.74) is 8.33. The number of benzene rings is 2. The summed E-state index contributed by atoms with van der Waals surface area (Å²) in [7, 11) is 0. The molecule has 0 aliphatic heterocycles. The Labute approximate surface area is 129 Å². The molecule has 0 saturated heterocycles. The van der Waals surface area contributed by atoms with Crippen molar-refractivity contribution in [1.82, 2.24) is 25.1 Å². The predicted molar refractivity (Wildman–Crippen MR) is 82.5 cm³/mol. The van der Waals surface area contributed by atoms with Gasteiger partial charge in [0, 0.05) is 0 Å². The van der Waals surface area contributed by atoms with Crippen LogP contribution in [0.3, 0.4) is 0 Å². The molecule has 2 N–H and O–H groups in total. The summed E-state index contributed by atoms with van der Waals surface area (Å²) in [6.07, 6.45) is 1.39. The van der Waals surface area contributed by atoms with Gasteiger partial charge in [-0.15, -0.1) is 5.10 Å². The molecule has 22 heavy (non-hydrogen) atoms. The smallest absolute Gasteiger partial charge is 0.261 e. The molecular weight excluding hydrogens is 304 g/mol. The maximum Gasteiger partial charge on any atom is 0.261 e. The quantitative estimate of drug-likeness (QED) is 0.572. The zero-order valence-corrected chi connectivity index (χ0v) is 11.9. The fourth-order valence-electron chi connectivity index (χ4n) is 2.17. The standard InChI is InChI=1S/C14H9ClN6O/c15-13-8(16)5-6-10-12(13)14(18-7-17-10)22-21-11-4-2-1-3-9(11)19-20-21/h1-7H,16H2. The lowest BCUT2D eigenvalue weighted by Gasteiger charge is -2.08. The van der Waals surface area contributed by atoms with Crippen molar-refractivity contribution in [2.45, 2.75) is 0 Å². The van der Waals surface area contributed by atoms with Crippen LogP contribution in [0.4, 0.5) is 5.69 Å². The van der Waals surface area contributed by atoms with Crippen molar-refractivity contribution in [2.24, 2.45) is 0 Å². The van der Waals surface area contributed by atoms with Crippen LogP contribution in [0.2, 0.25) is 5.02 Å². The van der Waals surface area contributed by atoms with Gasteiger partial charge in [-0.2, -0.15) is 4.98 Å². The van der Waals surface area contributed by atoms with Crippen LogP contribution in [-0.2, 0) is 0 Å².